The Morgan fingerprint density at radius 1 is 0.650 bits per heavy atom. The van der Waals surface area contributed by atoms with E-state index < -0.39 is 11.7 Å². The van der Waals surface area contributed by atoms with Crippen LogP contribution in [0.15, 0.2) is 73.1 Å². The third kappa shape index (κ3) is 5.91. The van der Waals surface area contributed by atoms with Crippen molar-refractivity contribution in [3.05, 3.63) is 101 Å². The predicted octanol–water partition coefficient (Wildman–Crippen LogP) is 7.92. The van der Waals surface area contributed by atoms with Gasteiger partial charge >= 0.3 is 6.18 Å². The van der Waals surface area contributed by atoms with Crippen molar-refractivity contribution in [1.82, 2.24) is 4.57 Å². The average molecular weight is 545 g/mol. The second-order valence-corrected chi connectivity index (χ2v) is 11.8. The second kappa shape index (κ2) is 11.7. The number of imidazole rings is 1. The van der Waals surface area contributed by atoms with Crippen LogP contribution in [-0.2, 0) is 6.18 Å². The van der Waals surface area contributed by atoms with E-state index in [4.69, 9.17) is 0 Å². The normalized spacial score (nSPS) is 12.4. The summed E-state index contributed by atoms with van der Waals surface area (Å²) in [5, 5.41) is 0. The van der Waals surface area contributed by atoms with Gasteiger partial charge in [0.25, 0.3) is 0 Å². The summed E-state index contributed by atoms with van der Waals surface area (Å²) in [6.07, 6.45) is -0.169. The van der Waals surface area contributed by atoms with Gasteiger partial charge in [-0.25, -0.2) is 9.13 Å². The number of nitrogens with zero attached hydrogens (tertiary/aromatic N) is 2. The molecule has 2 nitrogen and oxygen atoms in total. The number of hydrogen-bond acceptors (Lipinski definition) is 0. The van der Waals surface area contributed by atoms with Crippen LogP contribution in [0.5, 0.6) is 0 Å². The first-order valence-corrected chi connectivity index (χ1v) is 14.2. The molecular formula is C34H40BF3N2. The standard InChI is InChI=1S/C34H40BF3N2/c1-21(2)27-11-9-12-28(22(3)4)31(27)39-19-20-40(32-29(23(5)6)13-10-14-30(32)24(7)8)33(39)35-26-17-15-25(16-18-26)34(36,37)38/h9-24H,1-8H3. The highest BCUT2D eigenvalue weighted by atomic mass is 19.4. The summed E-state index contributed by atoms with van der Waals surface area (Å²) >= 11 is 0. The molecule has 0 spiro atoms. The van der Waals surface area contributed by atoms with E-state index in [1.165, 1.54) is 22.3 Å². The van der Waals surface area contributed by atoms with Crippen LogP contribution in [-0.4, -0.2) is 11.8 Å². The lowest BCUT2D eigenvalue weighted by Crippen LogP contribution is -2.55. The summed E-state index contributed by atoms with van der Waals surface area (Å²) in [6.45, 7) is 17.6. The molecule has 0 saturated carbocycles. The maximum atomic E-state index is 13.3. The molecule has 0 aliphatic rings. The molecule has 6 heteroatoms. The first kappa shape index (κ1) is 29.7. The fourth-order valence-electron chi connectivity index (χ4n) is 5.42. The van der Waals surface area contributed by atoms with E-state index >= 15 is 0 Å². The smallest absolute Gasteiger partial charge is 0.267 e. The number of aromatic nitrogens is 2. The Morgan fingerprint density at radius 3 is 1.52 bits per heavy atom. The topological polar surface area (TPSA) is 8.81 Å². The SMILES string of the molecule is CC(C)c1cccc(C(C)C)c1-n1cc[n+](-c2c(C(C)C)cccc2C(C)C)c1[B-]c1ccc(C(F)(F)F)cc1. The molecule has 2 radical (unpaired) electrons. The quantitative estimate of drug-likeness (QED) is 0.157. The predicted molar refractivity (Wildman–Crippen MR) is 160 cm³/mol. The fraction of sp³-hybridized carbons (Fsp3) is 0.382. The molecule has 0 bridgehead atoms. The maximum Gasteiger partial charge on any atom is 0.416 e. The second-order valence-electron chi connectivity index (χ2n) is 11.8. The van der Waals surface area contributed by atoms with Crippen molar-refractivity contribution in [3.8, 4) is 11.4 Å². The molecule has 0 aliphatic heterocycles. The third-order valence-corrected chi connectivity index (χ3v) is 7.56. The number of benzene rings is 3. The van der Waals surface area contributed by atoms with E-state index in [1.54, 1.807) is 12.1 Å². The van der Waals surface area contributed by atoms with Crippen molar-refractivity contribution in [2.45, 2.75) is 85.2 Å². The minimum atomic E-state index is -4.37. The molecule has 0 saturated heterocycles. The lowest BCUT2D eigenvalue weighted by atomic mass is 9.68. The Kier molecular flexibility index (Phi) is 8.67. The summed E-state index contributed by atoms with van der Waals surface area (Å²) in [5.74, 6) is 1.16. The zero-order valence-electron chi connectivity index (χ0n) is 24.8. The molecule has 40 heavy (non-hydrogen) atoms. The molecule has 0 unspecified atom stereocenters. The van der Waals surface area contributed by atoms with E-state index in [2.05, 4.69) is 113 Å². The first-order valence-electron chi connectivity index (χ1n) is 14.2. The van der Waals surface area contributed by atoms with Gasteiger partial charge in [-0.1, -0.05) is 104 Å². The summed E-state index contributed by atoms with van der Waals surface area (Å²) in [7, 11) is 2.00. The molecule has 4 aromatic rings. The number of alkyl halides is 3. The Hall–Kier alpha value is -3.28. The van der Waals surface area contributed by atoms with E-state index in [0.29, 0.717) is 5.46 Å². The largest absolute Gasteiger partial charge is 0.416 e. The third-order valence-electron chi connectivity index (χ3n) is 7.56. The number of hydrogen-bond donors (Lipinski definition) is 0. The lowest BCUT2D eigenvalue weighted by Gasteiger charge is -2.25. The van der Waals surface area contributed by atoms with Crippen LogP contribution in [0, 0.1) is 0 Å². The monoisotopic (exact) mass is 544 g/mol. The molecule has 3 aromatic carbocycles. The van der Waals surface area contributed by atoms with Crippen molar-refractivity contribution < 1.29 is 17.7 Å². The summed E-state index contributed by atoms with van der Waals surface area (Å²) in [4.78, 5) is 0. The van der Waals surface area contributed by atoms with Crippen LogP contribution in [0.3, 0.4) is 0 Å². The number of rotatable bonds is 8. The van der Waals surface area contributed by atoms with Crippen molar-refractivity contribution in [3.63, 3.8) is 0 Å². The molecule has 1 heterocycles. The highest BCUT2D eigenvalue weighted by molar-refractivity contribution is 6.65. The molecule has 0 aliphatic carbocycles. The van der Waals surface area contributed by atoms with E-state index in [1.807, 2.05) is 7.28 Å². The maximum absolute atomic E-state index is 13.3. The summed E-state index contributed by atoms with van der Waals surface area (Å²) < 4.78 is 44.4. The van der Waals surface area contributed by atoms with Crippen molar-refractivity contribution in [2.75, 3.05) is 0 Å². The molecule has 4 rings (SSSR count). The van der Waals surface area contributed by atoms with Crippen molar-refractivity contribution in [1.29, 1.82) is 0 Å². The lowest BCUT2D eigenvalue weighted by molar-refractivity contribution is -0.576. The fourth-order valence-corrected chi connectivity index (χ4v) is 5.42. The molecule has 0 amide bonds. The van der Waals surface area contributed by atoms with Gasteiger partial charge in [-0.3, -0.25) is 5.46 Å². The van der Waals surface area contributed by atoms with E-state index in [9.17, 15) is 13.2 Å². The van der Waals surface area contributed by atoms with Gasteiger partial charge in [0.2, 0.25) is 0 Å². The Bertz CT molecular complexity index is 1330. The highest BCUT2D eigenvalue weighted by Gasteiger charge is 2.30. The summed E-state index contributed by atoms with van der Waals surface area (Å²) in [6, 6.07) is 18.4. The molecular weight excluding hydrogens is 504 g/mol. The highest BCUT2D eigenvalue weighted by Crippen LogP contribution is 2.32. The number of halogens is 3. The van der Waals surface area contributed by atoms with Crippen LogP contribution >= 0.6 is 0 Å². The van der Waals surface area contributed by atoms with Gasteiger partial charge in [0, 0.05) is 28.0 Å². The van der Waals surface area contributed by atoms with Gasteiger partial charge in [-0.15, -0.1) is 19.4 Å². The van der Waals surface area contributed by atoms with Gasteiger partial charge in [0.15, 0.2) is 0 Å². The Labute approximate surface area is 238 Å². The van der Waals surface area contributed by atoms with Gasteiger partial charge in [-0.2, -0.15) is 13.2 Å². The molecule has 0 N–H and O–H groups in total. The zero-order chi connectivity index (χ0) is 29.4. The van der Waals surface area contributed by atoms with Gasteiger partial charge in [-0.05, 0) is 23.7 Å². The van der Waals surface area contributed by atoms with Crippen LogP contribution in [0.4, 0.5) is 13.2 Å². The molecule has 0 atom stereocenters. The van der Waals surface area contributed by atoms with Crippen LogP contribution < -0.4 is 15.8 Å². The number of para-hydroxylation sites is 2. The van der Waals surface area contributed by atoms with Gasteiger partial charge in [0.1, 0.15) is 23.8 Å². The first-order chi connectivity index (χ1) is 18.8. The van der Waals surface area contributed by atoms with Crippen molar-refractivity contribution >= 4 is 18.5 Å². The minimum Gasteiger partial charge on any atom is -0.267 e. The van der Waals surface area contributed by atoms with E-state index in [-0.39, 0.29) is 23.7 Å². The van der Waals surface area contributed by atoms with Crippen LogP contribution in [0.2, 0.25) is 0 Å². The van der Waals surface area contributed by atoms with Crippen molar-refractivity contribution in [2.24, 2.45) is 0 Å². The molecule has 1 aromatic heterocycles. The molecule has 210 valence electrons. The van der Waals surface area contributed by atoms with Crippen LogP contribution in [0.25, 0.3) is 11.4 Å². The Morgan fingerprint density at radius 2 is 1.10 bits per heavy atom. The van der Waals surface area contributed by atoms with E-state index in [0.717, 1.165) is 29.2 Å². The van der Waals surface area contributed by atoms with Gasteiger partial charge < -0.3 is 0 Å². The molecule has 0 fully saturated rings. The Balaban J connectivity index is 2.04. The minimum absolute atomic E-state index is 0.289. The van der Waals surface area contributed by atoms with Gasteiger partial charge in [0.05, 0.1) is 5.56 Å². The van der Waals surface area contributed by atoms with Crippen LogP contribution in [0.1, 0.15) is 107 Å². The summed E-state index contributed by atoms with van der Waals surface area (Å²) in [5.41, 5.74) is 8.17. The average Bonchev–Trinajstić information content (AvgIpc) is 3.29. The zero-order valence-corrected chi connectivity index (χ0v) is 24.8.